The second kappa shape index (κ2) is 4.86. The summed E-state index contributed by atoms with van der Waals surface area (Å²) in [5.74, 6) is -0.329. The van der Waals surface area contributed by atoms with Crippen LogP contribution in [0.25, 0.3) is 0 Å². The van der Waals surface area contributed by atoms with Crippen molar-refractivity contribution in [2.75, 3.05) is 18.4 Å². The molecule has 6 heteroatoms. The largest absolute Gasteiger partial charge is 0.326 e. The highest BCUT2D eigenvalue weighted by molar-refractivity contribution is 7.90. The van der Waals surface area contributed by atoms with Crippen molar-refractivity contribution in [3.8, 4) is 0 Å². The van der Waals surface area contributed by atoms with Crippen molar-refractivity contribution in [3.63, 3.8) is 0 Å². The molecule has 2 aliphatic rings. The average Bonchev–Trinajstić information content (AvgIpc) is 3.13. The molecule has 108 valence electrons. The third-order valence-corrected chi connectivity index (χ3v) is 6.26. The number of nitrogens with zero attached hydrogens (tertiary/aromatic N) is 1. The minimum atomic E-state index is -3.12. The van der Waals surface area contributed by atoms with Gasteiger partial charge in [-0.3, -0.25) is 4.79 Å². The fraction of sp³-hybridized carbons (Fsp3) is 0.500. The van der Waals surface area contributed by atoms with Crippen LogP contribution in [0.1, 0.15) is 18.4 Å². The van der Waals surface area contributed by atoms with Gasteiger partial charge in [0.25, 0.3) is 0 Å². The van der Waals surface area contributed by atoms with Crippen molar-refractivity contribution in [2.24, 2.45) is 5.92 Å². The Morgan fingerprint density at radius 3 is 2.50 bits per heavy atom. The number of hydrogen-bond acceptors (Lipinski definition) is 3. The fourth-order valence-electron chi connectivity index (χ4n) is 2.34. The number of carbonyl (C=O) groups excluding carboxylic acids is 1. The van der Waals surface area contributed by atoms with Gasteiger partial charge in [-0.2, -0.15) is 4.31 Å². The second-order valence-electron chi connectivity index (χ2n) is 5.56. The van der Waals surface area contributed by atoms with Gasteiger partial charge in [0.15, 0.2) is 0 Å². The Balaban J connectivity index is 1.57. The van der Waals surface area contributed by atoms with Gasteiger partial charge in [0.05, 0.1) is 11.2 Å². The maximum Gasteiger partial charge on any atom is 0.230 e. The van der Waals surface area contributed by atoms with E-state index in [1.807, 2.05) is 31.2 Å². The number of para-hydroxylation sites is 1. The number of hydrogen-bond donors (Lipinski definition) is 1. The third kappa shape index (κ3) is 2.45. The summed E-state index contributed by atoms with van der Waals surface area (Å²) in [6.07, 6.45) is 1.53. The van der Waals surface area contributed by atoms with Crippen LogP contribution in [0.5, 0.6) is 0 Å². The van der Waals surface area contributed by atoms with Crippen molar-refractivity contribution in [2.45, 2.75) is 25.0 Å². The number of carbonyl (C=O) groups is 1. The molecule has 1 amide bonds. The Morgan fingerprint density at radius 2 is 1.90 bits per heavy atom. The molecule has 1 heterocycles. The summed E-state index contributed by atoms with van der Waals surface area (Å²) >= 11 is 0. The van der Waals surface area contributed by atoms with Crippen LogP contribution in [0.3, 0.4) is 0 Å². The molecule has 0 spiro atoms. The lowest BCUT2D eigenvalue weighted by molar-refractivity contribution is -0.122. The number of nitrogens with one attached hydrogen (secondary N) is 1. The van der Waals surface area contributed by atoms with Crippen molar-refractivity contribution in [3.05, 3.63) is 29.8 Å². The first-order valence-electron chi connectivity index (χ1n) is 6.84. The highest BCUT2D eigenvalue weighted by Gasteiger charge is 2.46. The molecule has 3 rings (SSSR count). The molecule has 1 aromatic carbocycles. The zero-order chi connectivity index (χ0) is 14.3. The van der Waals surface area contributed by atoms with Gasteiger partial charge in [0.1, 0.15) is 0 Å². The lowest BCUT2D eigenvalue weighted by atomic mass is 10.0. The molecule has 1 aromatic rings. The van der Waals surface area contributed by atoms with Crippen LogP contribution in [-0.4, -0.2) is 37.0 Å². The van der Waals surface area contributed by atoms with Gasteiger partial charge in [-0.1, -0.05) is 18.2 Å². The van der Waals surface area contributed by atoms with E-state index in [-0.39, 0.29) is 17.1 Å². The summed E-state index contributed by atoms with van der Waals surface area (Å²) in [5.41, 5.74) is 1.80. The normalized spacial score (nSPS) is 20.4. The molecular weight excluding hydrogens is 276 g/mol. The van der Waals surface area contributed by atoms with E-state index in [1.54, 1.807) is 0 Å². The SMILES string of the molecule is Cc1ccccc1NC(=O)C1CN(S(=O)(=O)C2CC2)C1. The number of aryl methyl sites for hydroxylation is 1. The van der Waals surface area contributed by atoms with Crippen molar-refractivity contribution >= 4 is 21.6 Å². The minimum absolute atomic E-state index is 0.0958. The van der Waals surface area contributed by atoms with Crippen LogP contribution >= 0.6 is 0 Å². The number of amides is 1. The van der Waals surface area contributed by atoms with Crippen molar-refractivity contribution in [1.82, 2.24) is 4.31 Å². The predicted octanol–water partition coefficient (Wildman–Crippen LogP) is 1.36. The van der Waals surface area contributed by atoms with Gasteiger partial charge in [0, 0.05) is 18.8 Å². The highest BCUT2D eigenvalue weighted by Crippen LogP contribution is 2.34. The molecule has 0 radical (unpaired) electrons. The van der Waals surface area contributed by atoms with E-state index in [0.29, 0.717) is 13.1 Å². The molecule has 1 aliphatic carbocycles. The summed E-state index contributed by atoms with van der Waals surface area (Å²) in [6.45, 7) is 2.56. The number of rotatable bonds is 4. The molecule has 5 nitrogen and oxygen atoms in total. The molecule has 20 heavy (non-hydrogen) atoms. The molecule has 0 aromatic heterocycles. The number of benzene rings is 1. The van der Waals surface area contributed by atoms with Gasteiger partial charge in [-0.15, -0.1) is 0 Å². The molecule has 1 aliphatic heterocycles. The van der Waals surface area contributed by atoms with Gasteiger partial charge in [-0.25, -0.2) is 8.42 Å². The van der Waals surface area contributed by atoms with Crippen LogP contribution in [0, 0.1) is 12.8 Å². The fourth-order valence-corrected chi connectivity index (χ4v) is 4.27. The Kier molecular flexibility index (Phi) is 3.30. The van der Waals surface area contributed by atoms with Crippen LogP contribution in [0.4, 0.5) is 5.69 Å². The molecule has 1 N–H and O–H groups in total. The molecule has 1 saturated heterocycles. The Bertz CT molecular complexity index is 632. The standard InChI is InChI=1S/C14H18N2O3S/c1-10-4-2-3-5-13(10)15-14(17)11-8-16(9-11)20(18,19)12-6-7-12/h2-5,11-12H,6-9H2,1H3,(H,15,17). The molecular formula is C14H18N2O3S. The van der Waals surface area contributed by atoms with Crippen LogP contribution < -0.4 is 5.32 Å². The lowest BCUT2D eigenvalue weighted by Gasteiger charge is -2.37. The van der Waals surface area contributed by atoms with Crippen molar-refractivity contribution in [1.29, 1.82) is 0 Å². The highest BCUT2D eigenvalue weighted by atomic mass is 32.2. The maximum absolute atomic E-state index is 12.1. The van der Waals surface area contributed by atoms with Gasteiger partial charge < -0.3 is 5.32 Å². The van der Waals surface area contributed by atoms with E-state index >= 15 is 0 Å². The zero-order valence-electron chi connectivity index (χ0n) is 11.4. The monoisotopic (exact) mass is 294 g/mol. The lowest BCUT2D eigenvalue weighted by Crippen LogP contribution is -2.55. The van der Waals surface area contributed by atoms with E-state index in [1.165, 1.54) is 4.31 Å². The number of sulfonamides is 1. The van der Waals surface area contributed by atoms with Crippen LogP contribution in [-0.2, 0) is 14.8 Å². The summed E-state index contributed by atoms with van der Waals surface area (Å²) in [7, 11) is -3.12. The van der Waals surface area contributed by atoms with E-state index in [9.17, 15) is 13.2 Å². The molecule has 2 fully saturated rings. The maximum atomic E-state index is 12.1. The summed E-state index contributed by atoms with van der Waals surface area (Å²) in [4.78, 5) is 12.1. The van der Waals surface area contributed by atoms with Gasteiger partial charge in [-0.05, 0) is 31.4 Å². The minimum Gasteiger partial charge on any atom is -0.326 e. The smallest absolute Gasteiger partial charge is 0.230 e. The molecule has 0 atom stereocenters. The topological polar surface area (TPSA) is 66.5 Å². The quantitative estimate of drug-likeness (QED) is 0.911. The van der Waals surface area contributed by atoms with E-state index < -0.39 is 10.0 Å². The first-order valence-corrected chi connectivity index (χ1v) is 8.34. The van der Waals surface area contributed by atoms with E-state index in [2.05, 4.69) is 5.32 Å². The Labute approximate surface area is 119 Å². The van der Waals surface area contributed by atoms with Gasteiger partial charge in [0.2, 0.25) is 15.9 Å². The summed E-state index contributed by atoms with van der Waals surface area (Å²) in [6, 6.07) is 7.57. The molecule has 0 bridgehead atoms. The average molecular weight is 294 g/mol. The van der Waals surface area contributed by atoms with E-state index in [0.717, 1.165) is 24.1 Å². The summed E-state index contributed by atoms with van der Waals surface area (Å²) < 4.78 is 25.3. The zero-order valence-corrected chi connectivity index (χ0v) is 12.2. The van der Waals surface area contributed by atoms with Crippen molar-refractivity contribution < 1.29 is 13.2 Å². The van der Waals surface area contributed by atoms with Crippen LogP contribution in [0.15, 0.2) is 24.3 Å². The second-order valence-corrected chi connectivity index (χ2v) is 7.78. The van der Waals surface area contributed by atoms with E-state index in [4.69, 9.17) is 0 Å². The predicted molar refractivity (Wildman–Crippen MR) is 76.8 cm³/mol. The first kappa shape index (κ1) is 13.6. The summed E-state index contributed by atoms with van der Waals surface area (Å²) in [5, 5.41) is 2.68. The number of anilines is 1. The Morgan fingerprint density at radius 1 is 1.25 bits per heavy atom. The van der Waals surface area contributed by atoms with Gasteiger partial charge >= 0.3 is 0 Å². The third-order valence-electron chi connectivity index (χ3n) is 3.93. The molecule has 0 unspecified atom stereocenters. The Hall–Kier alpha value is -1.40. The first-order chi connectivity index (χ1) is 9.48. The van der Waals surface area contributed by atoms with Crippen LogP contribution in [0.2, 0.25) is 0 Å². The molecule has 1 saturated carbocycles.